The van der Waals surface area contributed by atoms with Gasteiger partial charge in [0.1, 0.15) is 0 Å². The smallest absolute Gasteiger partial charge is 0.0834 e. The van der Waals surface area contributed by atoms with Crippen LogP contribution in [0, 0.1) is 0 Å². The van der Waals surface area contributed by atoms with Crippen molar-refractivity contribution in [2.75, 3.05) is 11.5 Å². The molecule has 0 aromatic heterocycles. The lowest BCUT2D eigenvalue weighted by Gasteiger charge is -2.27. The molecule has 2 saturated heterocycles. The number of thiol groups is 2. The topological polar surface area (TPSA) is 0 Å². The molecular formula is C7H12S6. The Morgan fingerprint density at radius 3 is 1.69 bits per heavy atom. The molecule has 76 valence electrons. The third-order valence-corrected chi connectivity index (χ3v) is 8.83. The molecule has 2 aliphatic heterocycles. The van der Waals surface area contributed by atoms with Gasteiger partial charge in [0.15, 0.2) is 0 Å². The lowest BCUT2D eigenvalue weighted by Crippen LogP contribution is -2.21. The van der Waals surface area contributed by atoms with E-state index in [2.05, 4.69) is 46.8 Å². The van der Waals surface area contributed by atoms with Crippen LogP contribution in [0.3, 0.4) is 0 Å². The van der Waals surface area contributed by atoms with E-state index >= 15 is 0 Å². The van der Waals surface area contributed by atoms with Crippen molar-refractivity contribution in [1.29, 1.82) is 0 Å². The zero-order chi connectivity index (χ0) is 9.31. The molecule has 2 fully saturated rings. The fourth-order valence-electron chi connectivity index (χ4n) is 1.31. The van der Waals surface area contributed by atoms with Crippen molar-refractivity contribution < 1.29 is 0 Å². The van der Waals surface area contributed by atoms with E-state index in [1.165, 1.54) is 24.3 Å². The molecule has 0 N–H and O–H groups in total. The van der Waals surface area contributed by atoms with Gasteiger partial charge in [-0.3, -0.25) is 0 Å². The average molecular weight is 289 g/mol. The molecule has 2 atom stereocenters. The Kier molecular flexibility index (Phi) is 4.41. The van der Waals surface area contributed by atoms with E-state index in [0.717, 1.165) is 10.5 Å². The fourth-order valence-corrected chi connectivity index (χ4v) is 6.38. The monoisotopic (exact) mass is 288 g/mol. The molecule has 2 heterocycles. The molecule has 0 aromatic rings. The molecule has 13 heavy (non-hydrogen) atoms. The van der Waals surface area contributed by atoms with E-state index in [-0.39, 0.29) is 4.08 Å². The Morgan fingerprint density at radius 1 is 1.08 bits per heavy atom. The van der Waals surface area contributed by atoms with E-state index in [0.29, 0.717) is 0 Å². The van der Waals surface area contributed by atoms with Gasteiger partial charge in [-0.1, -0.05) is 21.6 Å². The minimum atomic E-state index is 0.272. The Labute approximate surface area is 107 Å². The SMILES string of the molecule is SSC(CC1CS1)(CC1CS1)SS. The van der Waals surface area contributed by atoms with Crippen LogP contribution in [0.2, 0.25) is 0 Å². The maximum atomic E-state index is 4.41. The highest BCUT2D eigenvalue weighted by Gasteiger charge is 2.42. The number of rotatable bonds is 6. The first-order valence-corrected chi connectivity index (χ1v) is 10.00. The highest BCUT2D eigenvalue weighted by molar-refractivity contribution is 8.78. The van der Waals surface area contributed by atoms with Gasteiger partial charge in [0, 0.05) is 22.0 Å². The van der Waals surface area contributed by atoms with E-state index in [1.54, 1.807) is 21.6 Å². The van der Waals surface area contributed by atoms with Gasteiger partial charge in [0.25, 0.3) is 0 Å². The number of hydrogen-bond acceptors (Lipinski definition) is 6. The molecule has 2 aliphatic rings. The molecule has 0 radical (unpaired) electrons. The Bertz CT molecular complexity index is 156. The summed E-state index contributed by atoms with van der Waals surface area (Å²) < 4.78 is 0.272. The summed E-state index contributed by atoms with van der Waals surface area (Å²) in [6.45, 7) is 0. The van der Waals surface area contributed by atoms with E-state index in [9.17, 15) is 0 Å². The summed E-state index contributed by atoms with van der Waals surface area (Å²) in [7, 11) is 3.42. The summed E-state index contributed by atoms with van der Waals surface area (Å²) in [5.41, 5.74) is 0. The van der Waals surface area contributed by atoms with Crippen LogP contribution in [0.5, 0.6) is 0 Å². The predicted molar refractivity (Wildman–Crippen MR) is 77.6 cm³/mol. The van der Waals surface area contributed by atoms with E-state index in [1.807, 2.05) is 0 Å². The Hall–Kier alpha value is 2.10. The van der Waals surface area contributed by atoms with Gasteiger partial charge in [-0.15, -0.1) is 23.3 Å². The van der Waals surface area contributed by atoms with Crippen LogP contribution in [0.1, 0.15) is 12.8 Å². The molecule has 0 spiro atoms. The summed E-state index contributed by atoms with van der Waals surface area (Å²) >= 11 is 13.0. The molecular weight excluding hydrogens is 276 g/mol. The molecule has 0 aliphatic carbocycles. The predicted octanol–water partition coefficient (Wildman–Crippen LogP) is 3.85. The highest BCUT2D eigenvalue weighted by atomic mass is 33.1. The highest BCUT2D eigenvalue weighted by Crippen LogP contribution is 2.55. The van der Waals surface area contributed by atoms with Crippen molar-refractivity contribution in [2.45, 2.75) is 27.4 Å². The number of hydrogen-bond donors (Lipinski definition) is 2. The first kappa shape index (κ1) is 11.6. The summed E-state index contributed by atoms with van der Waals surface area (Å²) in [4.78, 5) is 0. The van der Waals surface area contributed by atoms with Crippen LogP contribution in [0.25, 0.3) is 0 Å². The quantitative estimate of drug-likeness (QED) is 0.329. The summed E-state index contributed by atoms with van der Waals surface area (Å²) in [5, 5.41) is 1.78. The van der Waals surface area contributed by atoms with Gasteiger partial charge < -0.3 is 0 Å². The Morgan fingerprint density at radius 2 is 1.46 bits per heavy atom. The second kappa shape index (κ2) is 4.95. The van der Waals surface area contributed by atoms with Gasteiger partial charge in [-0.05, 0) is 12.8 Å². The molecule has 0 amide bonds. The average Bonchev–Trinajstić information content (AvgIpc) is 2.98. The van der Waals surface area contributed by atoms with Crippen LogP contribution >= 0.6 is 68.4 Å². The summed E-state index contributed by atoms with van der Waals surface area (Å²) in [5.74, 6) is 2.70. The zero-order valence-corrected chi connectivity index (χ0v) is 12.1. The maximum absolute atomic E-state index is 4.41. The van der Waals surface area contributed by atoms with Crippen LogP contribution in [0.4, 0.5) is 0 Å². The third-order valence-electron chi connectivity index (χ3n) is 2.21. The Balaban J connectivity index is 1.88. The molecule has 2 unspecified atom stereocenters. The van der Waals surface area contributed by atoms with Gasteiger partial charge in [0.2, 0.25) is 0 Å². The van der Waals surface area contributed by atoms with Crippen molar-refractivity contribution in [1.82, 2.24) is 0 Å². The molecule has 2 rings (SSSR count). The number of thioether (sulfide) groups is 2. The summed E-state index contributed by atoms with van der Waals surface area (Å²) in [6, 6.07) is 0. The minimum Gasteiger partial charge on any atom is -0.156 e. The standard InChI is InChI=1S/C7H12S6/c8-12-7(13-9,1-5-3-10-5)2-6-4-11-6/h5-6,8-9H,1-4H2. The molecule has 6 heteroatoms. The fraction of sp³-hybridized carbons (Fsp3) is 1.00. The van der Waals surface area contributed by atoms with Crippen molar-refractivity contribution in [3.05, 3.63) is 0 Å². The van der Waals surface area contributed by atoms with Gasteiger partial charge in [0.05, 0.1) is 4.08 Å². The van der Waals surface area contributed by atoms with Crippen molar-refractivity contribution >= 4 is 68.4 Å². The van der Waals surface area contributed by atoms with Gasteiger partial charge in [-0.2, -0.15) is 23.5 Å². The van der Waals surface area contributed by atoms with Crippen molar-refractivity contribution in [2.24, 2.45) is 0 Å². The van der Waals surface area contributed by atoms with Gasteiger partial charge >= 0.3 is 0 Å². The van der Waals surface area contributed by atoms with E-state index < -0.39 is 0 Å². The lowest BCUT2D eigenvalue weighted by atomic mass is 10.1. The first-order valence-electron chi connectivity index (χ1n) is 4.16. The summed E-state index contributed by atoms with van der Waals surface area (Å²) in [6.07, 6.45) is 2.55. The van der Waals surface area contributed by atoms with Crippen LogP contribution in [0.15, 0.2) is 0 Å². The van der Waals surface area contributed by atoms with Crippen LogP contribution < -0.4 is 0 Å². The normalized spacial score (nSPS) is 31.8. The second-order valence-electron chi connectivity index (χ2n) is 3.41. The molecule has 0 bridgehead atoms. The molecule has 0 nitrogen and oxygen atoms in total. The third kappa shape index (κ3) is 3.55. The molecule has 0 saturated carbocycles. The molecule has 0 aromatic carbocycles. The minimum absolute atomic E-state index is 0.272. The maximum Gasteiger partial charge on any atom is 0.0834 e. The lowest BCUT2D eigenvalue weighted by molar-refractivity contribution is 0.694. The van der Waals surface area contributed by atoms with Crippen molar-refractivity contribution in [3.8, 4) is 0 Å². The second-order valence-corrected chi connectivity index (χ2v) is 9.36. The van der Waals surface area contributed by atoms with E-state index in [4.69, 9.17) is 0 Å². The largest absolute Gasteiger partial charge is 0.156 e. The zero-order valence-electron chi connectivity index (χ0n) is 7.01. The first-order chi connectivity index (χ1) is 6.28. The van der Waals surface area contributed by atoms with Crippen LogP contribution in [-0.4, -0.2) is 26.1 Å². The van der Waals surface area contributed by atoms with Crippen molar-refractivity contribution in [3.63, 3.8) is 0 Å². The van der Waals surface area contributed by atoms with Gasteiger partial charge in [-0.25, -0.2) is 0 Å². The van der Waals surface area contributed by atoms with Crippen LogP contribution in [-0.2, 0) is 0 Å².